The Hall–Kier alpha value is -2.28. The van der Waals surface area contributed by atoms with Crippen LogP contribution in [0.15, 0.2) is 24.3 Å². The third kappa shape index (κ3) is 7.01. The molecule has 0 aromatic heterocycles. The molecule has 2 rings (SSSR count). The Kier molecular flexibility index (Phi) is 8.21. The number of halogens is 1. The van der Waals surface area contributed by atoms with Crippen molar-refractivity contribution in [3.63, 3.8) is 0 Å². The van der Waals surface area contributed by atoms with E-state index in [0.29, 0.717) is 23.8 Å². The van der Waals surface area contributed by atoms with Crippen LogP contribution in [0.5, 0.6) is 5.75 Å². The lowest BCUT2D eigenvalue weighted by atomic mass is 9.92. The number of nitrogens with zero attached hydrogens (tertiary/aromatic N) is 1. The number of guanidine groups is 1. The number of piperidine rings is 1. The van der Waals surface area contributed by atoms with E-state index in [1.165, 1.54) is 6.92 Å². The van der Waals surface area contributed by atoms with E-state index in [9.17, 15) is 9.59 Å². The van der Waals surface area contributed by atoms with E-state index < -0.39 is 0 Å². The molecule has 25 heavy (non-hydrogen) atoms. The maximum Gasteiger partial charge on any atom is 0.311 e. The second-order valence-corrected chi connectivity index (χ2v) is 6.03. The molecule has 0 unspecified atom stereocenters. The molecule has 0 spiro atoms. The highest BCUT2D eigenvalue weighted by Crippen LogP contribution is 2.22. The summed E-state index contributed by atoms with van der Waals surface area (Å²) in [5, 5.41) is 10.1. The van der Waals surface area contributed by atoms with Gasteiger partial charge < -0.3 is 20.7 Å². The first-order valence-corrected chi connectivity index (χ1v) is 8.11. The number of hydrogen-bond acceptors (Lipinski definition) is 4. The van der Waals surface area contributed by atoms with Crippen molar-refractivity contribution >= 4 is 35.9 Å². The third-order valence-corrected chi connectivity index (χ3v) is 4.12. The van der Waals surface area contributed by atoms with E-state index in [4.69, 9.17) is 15.9 Å². The fraction of sp³-hybridized carbons (Fsp3) is 0.471. The first-order valence-electron chi connectivity index (χ1n) is 8.11. The lowest BCUT2D eigenvalue weighted by Crippen LogP contribution is -2.42. The number of nitrogens with one attached hydrogen (secondary N) is 2. The molecule has 0 radical (unpaired) electrons. The maximum absolute atomic E-state index is 11.9. The molecule has 1 amide bonds. The first-order chi connectivity index (χ1) is 11.4. The molecular weight excluding hydrogens is 344 g/mol. The number of anilines is 1. The molecule has 1 aliphatic heterocycles. The van der Waals surface area contributed by atoms with Crippen molar-refractivity contribution in [1.29, 1.82) is 5.41 Å². The average Bonchev–Trinajstić information content (AvgIpc) is 2.54. The van der Waals surface area contributed by atoms with E-state index >= 15 is 0 Å². The zero-order valence-corrected chi connectivity index (χ0v) is 15.1. The van der Waals surface area contributed by atoms with E-state index in [1.54, 1.807) is 24.3 Å². The molecule has 1 fully saturated rings. The van der Waals surface area contributed by atoms with Crippen LogP contribution in [0.2, 0.25) is 0 Å². The molecule has 0 bridgehead atoms. The van der Waals surface area contributed by atoms with Crippen molar-refractivity contribution < 1.29 is 14.3 Å². The molecule has 0 saturated carbocycles. The van der Waals surface area contributed by atoms with Crippen molar-refractivity contribution in [3.8, 4) is 5.75 Å². The standard InChI is InChI=1S/C17H24N4O3.ClH/c1-12(22)20-14-3-5-15(6-4-14)24-16(23)7-2-13-8-10-21(11-9-13)17(18)19;/h3-6,13H,2,7-11H2,1H3,(H3,18,19)(H,20,22);1H. The van der Waals surface area contributed by atoms with Crippen LogP contribution in [0.3, 0.4) is 0 Å². The monoisotopic (exact) mass is 368 g/mol. The molecule has 1 aromatic carbocycles. The molecule has 8 heteroatoms. The van der Waals surface area contributed by atoms with Gasteiger partial charge in [0.05, 0.1) is 0 Å². The highest BCUT2D eigenvalue weighted by atomic mass is 35.5. The van der Waals surface area contributed by atoms with Crippen molar-refractivity contribution in [2.75, 3.05) is 18.4 Å². The molecule has 7 nitrogen and oxygen atoms in total. The fourth-order valence-electron chi connectivity index (χ4n) is 2.78. The average molecular weight is 369 g/mol. The van der Waals surface area contributed by atoms with Crippen molar-refractivity contribution in [2.45, 2.75) is 32.6 Å². The highest BCUT2D eigenvalue weighted by molar-refractivity contribution is 5.88. The predicted molar refractivity (Wildman–Crippen MR) is 99.1 cm³/mol. The van der Waals surface area contributed by atoms with Gasteiger partial charge in [0.2, 0.25) is 5.91 Å². The summed E-state index contributed by atoms with van der Waals surface area (Å²) in [6, 6.07) is 6.71. The molecule has 0 atom stereocenters. The number of rotatable bonds is 5. The third-order valence-electron chi connectivity index (χ3n) is 4.12. The van der Waals surface area contributed by atoms with Crippen LogP contribution in [0.1, 0.15) is 32.6 Å². The summed E-state index contributed by atoms with van der Waals surface area (Å²) < 4.78 is 5.31. The molecule has 1 saturated heterocycles. The number of carbonyl (C=O) groups is 2. The van der Waals surface area contributed by atoms with Gasteiger partial charge >= 0.3 is 5.97 Å². The number of amides is 1. The van der Waals surface area contributed by atoms with Gasteiger partial charge in [0.1, 0.15) is 5.75 Å². The van der Waals surface area contributed by atoms with Gasteiger partial charge in [0, 0.05) is 32.1 Å². The fourth-order valence-corrected chi connectivity index (χ4v) is 2.78. The Morgan fingerprint density at radius 1 is 1.28 bits per heavy atom. The molecule has 138 valence electrons. The van der Waals surface area contributed by atoms with Crippen molar-refractivity contribution in [1.82, 2.24) is 4.90 Å². The summed E-state index contributed by atoms with van der Waals surface area (Å²) in [5.41, 5.74) is 6.14. The zero-order valence-electron chi connectivity index (χ0n) is 14.3. The van der Waals surface area contributed by atoms with Crippen LogP contribution in [0, 0.1) is 11.3 Å². The predicted octanol–water partition coefficient (Wildman–Crippen LogP) is 2.36. The second-order valence-electron chi connectivity index (χ2n) is 6.03. The van der Waals surface area contributed by atoms with Gasteiger partial charge in [-0.25, -0.2) is 0 Å². The largest absolute Gasteiger partial charge is 0.427 e. The van der Waals surface area contributed by atoms with Crippen LogP contribution >= 0.6 is 12.4 Å². The molecule has 1 aromatic rings. The number of carbonyl (C=O) groups excluding carboxylic acids is 2. The minimum atomic E-state index is -0.253. The first kappa shape index (κ1) is 20.8. The maximum atomic E-state index is 11.9. The number of likely N-dealkylation sites (tertiary alicyclic amines) is 1. The number of benzene rings is 1. The van der Waals surface area contributed by atoms with Crippen molar-refractivity contribution in [2.24, 2.45) is 11.7 Å². The van der Waals surface area contributed by atoms with Gasteiger partial charge in [-0.15, -0.1) is 12.4 Å². The summed E-state index contributed by atoms with van der Waals surface area (Å²) in [5.74, 6) is 0.665. The summed E-state index contributed by atoms with van der Waals surface area (Å²) >= 11 is 0. The lowest BCUT2D eigenvalue weighted by Gasteiger charge is -2.31. The van der Waals surface area contributed by atoms with Crippen LogP contribution in [0.25, 0.3) is 0 Å². The van der Waals surface area contributed by atoms with Gasteiger partial charge in [-0.3, -0.25) is 15.0 Å². The Labute approximate surface area is 153 Å². The molecule has 0 aliphatic carbocycles. The SMILES string of the molecule is CC(=O)Nc1ccc(OC(=O)CCC2CCN(C(=N)N)CC2)cc1.Cl. The minimum Gasteiger partial charge on any atom is -0.427 e. The van der Waals surface area contributed by atoms with Crippen LogP contribution < -0.4 is 15.8 Å². The zero-order chi connectivity index (χ0) is 17.5. The number of hydrogen-bond donors (Lipinski definition) is 3. The van der Waals surface area contributed by atoms with Crippen LogP contribution in [0.4, 0.5) is 5.69 Å². The van der Waals surface area contributed by atoms with Gasteiger partial charge in [0.15, 0.2) is 5.96 Å². The summed E-state index contributed by atoms with van der Waals surface area (Å²) in [6.07, 6.45) is 3.04. The summed E-state index contributed by atoms with van der Waals surface area (Å²) in [7, 11) is 0. The van der Waals surface area contributed by atoms with Crippen LogP contribution in [-0.4, -0.2) is 35.8 Å². The highest BCUT2D eigenvalue weighted by Gasteiger charge is 2.20. The lowest BCUT2D eigenvalue weighted by molar-refractivity contribution is -0.134. The Morgan fingerprint density at radius 2 is 1.88 bits per heavy atom. The quantitative estimate of drug-likeness (QED) is 0.320. The second kappa shape index (κ2) is 9.88. The van der Waals surface area contributed by atoms with Gasteiger partial charge in [-0.2, -0.15) is 0 Å². The van der Waals surface area contributed by atoms with E-state index in [0.717, 1.165) is 32.4 Å². The van der Waals surface area contributed by atoms with Crippen LogP contribution in [-0.2, 0) is 9.59 Å². The molecule has 1 heterocycles. The number of esters is 1. The van der Waals surface area contributed by atoms with E-state index in [2.05, 4.69) is 5.32 Å². The minimum absolute atomic E-state index is 0. The summed E-state index contributed by atoms with van der Waals surface area (Å²) in [6.45, 7) is 2.99. The molecule has 4 N–H and O–H groups in total. The van der Waals surface area contributed by atoms with E-state index in [-0.39, 0.29) is 30.2 Å². The molecular formula is C17H25ClN4O3. The van der Waals surface area contributed by atoms with Gasteiger partial charge in [-0.1, -0.05) is 0 Å². The summed E-state index contributed by atoms with van der Waals surface area (Å²) in [4.78, 5) is 24.7. The Morgan fingerprint density at radius 3 is 2.40 bits per heavy atom. The topological polar surface area (TPSA) is 109 Å². The van der Waals surface area contributed by atoms with E-state index in [1.807, 2.05) is 4.90 Å². The molecule has 1 aliphatic rings. The smallest absolute Gasteiger partial charge is 0.311 e. The number of nitrogens with two attached hydrogens (primary N) is 1. The van der Waals surface area contributed by atoms with Crippen molar-refractivity contribution in [3.05, 3.63) is 24.3 Å². The number of ether oxygens (including phenoxy) is 1. The Bertz CT molecular complexity index is 598. The van der Waals surface area contributed by atoms with Gasteiger partial charge in [-0.05, 0) is 49.4 Å². The Balaban J connectivity index is 0.00000312. The normalized spacial score (nSPS) is 14.4. The van der Waals surface area contributed by atoms with Gasteiger partial charge in [0.25, 0.3) is 0 Å².